The second-order valence-electron chi connectivity index (χ2n) is 13.9. The maximum atomic E-state index is 13.7. The Labute approximate surface area is 379 Å². The zero-order chi connectivity index (χ0) is 45.9. The number of anilines is 1. The van der Waals surface area contributed by atoms with Gasteiger partial charge >= 0.3 is 12.4 Å². The second kappa shape index (κ2) is 18.8. The van der Waals surface area contributed by atoms with Gasteiger partial charge in [0.05, 0.1) is 72.9 Å². The quantitative estimate of drug-likeness (QED) is 0.121. The number of alkyl halides is 6. The second-order valence-corrected chi connectivity index (χ2v) is 15.1. The molecule has 2 aliphatic heterocycles. The zero-order valence-electron chi connectivity index (χ0n) is 33.2. The lowest BCUT2D eigenvalue weighted by Crippen LogP contribution is -2.11. The third kappa shape index (κ3) is 9.70. The molecule has 0 bridgehead atoms. The van der Waals surface area contributed by atoms with Gasteiger partial charge in [-0.05, 0) is 36.4 Å². The number of aliphatic imine (C=N–C) groups is 2. The smallest absolute Gasteiger partial charge is 0.362 e. The van der Waals surface area contributed by atoms with Gasteiger partial charge in [0, 0.05) is 42.9 Å². The molecule has 4 aromatic heterocycles. The average molecular weight is 946 g/mol. The highest BCUT2D eigenvalue weighted by Crippen LogP contribution is 2.40. The highest BCUT2D eigenvalue weighted by atomic mass is 35.5. The van der Waals surface area contributed by atoms with Gasteiger partial charge in [-0.25, -0.2) is 39.9 Å². The summed E-state index contributed by atoms with van der Waals surface area (Å²) in [4.78, 5) is 42.2. The molecule has 0 saturated carbocycles. The number of rotatable bonds is 6. The van der Waals surface area contributed by atoms with Crippen LogP contribution < -0.4 is 11.1 Å². The third-order valence-electron chi connectivity index (χ3n) is 9.79. The van der Waals surface area contributed by atoms with Crippen molar-refractivity contribution >= 4 is 86.5 Å². The maximum absolute atomic E-state index is 13.7. The molecule has 4 aromatic carbocycles. The Morgan fingerprint density at radius 2 is 1.05 bits per heavy atom. The molecule has 8 aromatic rings. The predicted octanol–water partition coefficient (Wildman–Crippen LogP) is 11.4. The summed E-state index contributed by atoms with van der Waals surface area (Å²) in [5, 5.41) is 4.30. The van der Waals surface area contributed by atoms with Crippen molar-refractivity contribution in [1.29, 1.82) is 0 Å². The molecular weight excluding hydrogens is 917 g/mol. The molecule has 6 heterocycles. The molecule has 0 fully saturated rings. The number of aromatic nitrogens is 8. The van der Waals surface area contributed by atoms with Gasteiger partial charge in [0.2, 0.25) is 0 Å². The van der Waals surface area contributed by atoms with E-state index in [1.54, 1.807) is 48.8 Å². The normalized spacial score (nSPS) is 12.6. The number of hydrogen-bond acceptors (Lipinski definition) is 12. The van der Waals surface area contributed by atoms with E-state index < -0.39 is 23.5 Å². The molecule has 328 valence electrons. The van der Waals surface area contributed by atoms with Crippen LogP contribution in [0.3, 0.4) is 0 Å². The van der Waals surface area contributed by atoms with Crippen LogP contribution in [0, 0.1) is 0 Å². The van der Waals surface area contributed by atoms with E-state index in [0.29, 0.717) is 60.9 Å². The molecule has 0 atom stereocenters. The molecule has 0 saturated heterocycles. The fourth-order valence-electron chi connectivity index (χ4n) is 6.84. The number of nitrogens with one attached hydrogen (secondary N) is 1. The summed E-state index contributed by atoms with van der Waals surface area (Å²) < 4.78 is 80.9. The van der Waals surface area contributed by atoms with Crippen LogP contribution >= 0.6 is 34.8 Å². The van der Waals surface area contributed by atoms with Crippen LogP contribution in [0.4, 0.5) is 43.5 Å². The number of benzene rings is 4. The first kappa shape index (κ1) is 44.9. The van der Waals surface area contributed by atoms with E-state index in [-0.39, 0.29) is 41.3 Å². The number of para-hydroxylation sites is 2. The number of nitrogens with two attached hydrogens (primary N) is 1. The SMILES string of the molecule is Clc1ncnc2c1N=CC2.FC(F)(F)c1ccccc1-c1nc2cccc(Cl)c2nc1CNc1ncnc2c1N=CC2.NCc1nc2c(Cl)cccc2nc1-c1ccccc1C(F)(F)F. The minimum atomic E-state index is -4.55. The van der Waals surface area contributed by atoms with E-state index in [0.717, 1.165) is 35.6 Å². The van der Waals surface area contributed by atoms with Crippen LogP contribution in [0.15, 0.2) is 108 Å². The summed E-state index contributed by atoms with van der Waals surface area (Å²) in [6.07, 6.45) is -1.29. The van der Waals surface area contributed by atoms with E-state index >= 15 is 0 Å². The summed E-state index contributed by atoms with van der Waals surface area (Å²) in [5.41, 5.74) is 9.48. The first-order chi connectivity index (χ1) is 31.2. The first-order valence-corrected chi connectivity index (χ1v) is 20.4. The third-order valence-corrected chi connectivity index (χ3v) is 10.7. The molecule has 0 unspecified atom stereocenters. The molecule has 10 rings (SSSR count). The molecule has 3 N–H and O–H groups in total. The topological polar surface area (TPSA) is 166 Å². The monoisotopic (exact) mass is 944 g/mol. The first-order valence-electron chi connectivity index (χ1n) is 19.3. The van der Waals surface area contributed by atoms with E-state index in [1.807, 2.05) is 0 Å². The van der Waals surface area contributed by atoms with Crippen LogP contribution in [0.1, 0.15) is 33.9 Å². The van der Waals surface area contributed by atoms with Crippen molar-refractivity contribution < 1.29 is 26.3 Å². The Hall–Kier alpha value is -6.73. The maximum Gasteiger partial charge on any atom is 0.417 e. The van der Waals surface area contributed by atoms with Crippen molar-refractivity contribution in [3.8, 4) is 22.5 Å². The van der Waals surface area contributed by atoms with Gasteiger partial charge in [0.15, 0.2) is 11.0 Å². The summed E-state index contributed by atoms with van der Waals surface area (Å²) >= 11 is 18.1. The van der Waals surface area contributed by atoms with Crippen LogP contribution in [0.2, 0.25) is 15.2 Å². The Morgan fingerprint density at radius 3 is 1.58 bits per heavy atom. The van der Waals surface area contributed by atoms with Crippen molar-refractivity contribution in [3.63, 3.8) is 0 Å². The molecular formula is C44H29Cl3F6N12. The lowest BCUT2D eigenvalue weighted by Gasteiger charge is -2.16. The van der Waals surface area contributed by atoms with Crippen LogP contribution in [-0.4, -0.2) is 52.3 Å². The van der Waals surface area contributed by atoms with Gasteiger partial charge < -0.3 is 11.1 Å². The molecule has 2 aliphatic rings. The van der Waals surface area contributed by atoms with Crippen molar-refractivity contribution in [1.82, 2.24) is 39.9 Å². The summed E-state index contributed by atoms with van der Waals surface area (Å²) in [6.45, 7) is 0.0182. The minimum absolute atomic E-state index is 0.0459. The van der Waals surface area contributed by atoms with E-state index in [9.17, 15) is 26.3 Å². The van der Waals surface area contributed by atoms with Gasteiger partial charge in [-0.2, -0.15) is 26.3 Å². The fourth-order valence-corrected chi connectivity index (χ4v) is 7.46. The standard InChI is InChI=1S/C22H14ClF3N6.C16H11ClF3N3.C6H4ClN3/c23-14-6-3-7-16-19(14)32-17(10-28-21-20-15(8-9-27-20)29-11-30-21)18(31-16)12-4-1-2-5-13(12)22(24,25)26;17-11-6-3-7-12-15(11)23-13(8-21)14(22-12)9-4-1-2-5-10(9)16(18,19)20;7-6-5-4(1-2-8-5)9-3-10-6/h1-7,9,11H,8,10H2,(H,28,29,30);1-7H,8,21H2;2-3H,1H2. The Morgan fingerprint density at radius 1 is 0.554 bits per heavy atom. The summed E-state index contributed by atoms with van der Waals surface area (Å²) in [6, 6.07) is 20.5. The van der Waals surface area contributed by atoms with Crippen LogP contribution in [0.5, 0.6) is 0 Å². The van der Waals surface area contributed by atoms with Crippen LogP contribution in [-0.2, 0) is 38.3 Å². The number of halogens is 9. The van der Waals surface area contributed by atoms with Gasteiger partial charge in [-0.15, -0.1) is 0 Å². The number of nitrogens with zero attached hydrogens (tertiary/aromatic N) is 10. The van der Waals surface area contributed by atoms with Crippen LogP contribution in [0.25, 0.3) is 44.6 Å². The van der Waals surface area contributed by atoms with E-state index in [4.69, 9.17) is 40.5 Å². The Bertz CT molecular complexity index is 3150. The highest BCUT2D eigenvalue weighted by molar-refractivity contribution is 6.35. The fraction of sp³-hybridized carbons (Fsp3) is 0.136. The zero-order valence-corrected chi connectivity index (χ0v) is 35.4. The molecule has 0 aliphatic carbocycles. The van der Waals surface area contributed by atoms with E-state index in [1.165, 1.54) is 49.1 Å². The highest BCUT2D eigenvalue weighted by Gasteiger charge is 2.35. The molecule has 21 heteroatoms. The average Bonchev–Trinajstić information content (AvgIpc) is 4.00. The predicted molar refractivity (Wildman–Crippen MR) is 238 cm³/mol. The summed E-state index contributed by atoms with van der Waals surface area (Å²) in [5.74, 6) is 0.472. The van der Waals surface area contributed by atoms with Gasteiger partial charge in [0.1, 0.15) is 35.1 Å². The van der Waals surface area contributed by atoms with Gasteiger partial charge in [0.25, 0.3) is 0 Å². The Kier molecular flexibility index (Phi) is 13.0. The number of hydrogen-bond donors (Lipinski definition) is 2. The molecule has 0 radical (unpaired) electrons. The van der Waals surface area contributed by atoms with Gasteiger partial charge in [-0.1, -0.05) is 83.3 Å². The lowest BCUT2D eigenvalue weighted by molar-refractivity contribution is -0.137. The summed E-state index contributed by atoms with van der Waals surface area (Å²) in [7, 11) is 0. The van der Waals surface area contributed by atoms with Crippen molar-refractivity contribution in [2.24, 2.45) is 15.7 Å². The van der Waals surface area contributed by atoms with E-state index in [2.05, 4.69) is 55.2 Å². The minimum Gasteiger partial charge on any atom is -0.362 e. The lowest BCUT2D eigenvalue weighted by atomic mass is 10.0. The molecule has 0 amide bonds. The van der Waals surface area contributed by atoms with Gasteiger partial charge in [-0.3, -0.25) is 9.98 Å². The van der Waals surface area contributed by atoms with Crippen molar-refractivity contribution in [3.05, 3.63) is 147 Å². The van der Waals surface area contributed by atoms with Crippen molar-refractivity contribution in [2.75, 3.05) is 5.32 Å². The Balaban J connectivity index is 0.000000151. The molecule has 0 spiro atoms. The van der Waals surface area contributed by atoms with Crippen molar-refractivity contribution in [2.45, 2.75) is 38.3 Å². The number of fused-ring (bicyclic) bond motifs is 4. The molecule has 12 nitrogen and oxygen atoms in total. The largest absolute Gasteiger partial charge is 0.417 e. The molecule has 65 heavy (non-hydrogen) atoms.